The summed E-state index contributed by atoms with van der Waals surface area (Å²) >= 11 is 0. The highest BCUT2D eigenvalue weighted by Crippen LogP contribution is 2.27. The number of rotatable bonds is 3. The molecule has 120 valence electrons. The van der Waals surface area contributed by atoms with Gasteiger partial charge in [0.25, 0.3) is 5.91 Å². The Morgan fingerprint density at radius 1 is 1.26 bits per heavy atom. The first-order valence-electron chi connectivity index (χ1n) is 7.61. The predicted octanol–water partition coefficient (Wildman–Crippen LogP) is 2.62. The number of methoxy groups -OCH3 is 1. The number of benzene rings is 2. The van der Waals surface area contributed by atoms with E-state index in [1.54, 1.807) is 30.2 Å². The Labute approximate surface area is 134 Å². The average Bonchev–Trinajstić information content (AvgIpc) is 2.61. The first-order chi connectivity index (χ1) is 11.2. The lowest BCUT2D eigenvalue weighted by atomic mass is 10.0. The fourth-order valence-corrected chi connectivity index (χ4v) is 2.94. The quantitative estimate of drug-likeness (QED) is 0.947. The Morgan fingerprint density at radius 2 is 2.09 bits per heavy atom. The van der Waals surface area contributed by atoms with Crippen LogP contribution >= 0.6 is 0 Å². The maximum atomic E-state index is 13.5. The lowest BCUT2D eigenvalue weighted by molar-refractivity contribution is 0.0630. The fraction of sp³-hybridized carbons (Fsp3) is 0.278. The number of hydrogen-bond donors (Lipinski definition) is 1. The van der Waals surface area contributed by atoms with Crippen LogP contribution in [-0.4, -0.2) is 37.6 Å². The lowest BCUT2D eigenvalue weighted by Gasteiger charge is -2.36. The number of amides is 1. The minimum atomic E-state index is -0.294. The Hall–Kier alpha value is -2.40. The minimum absolute atomic E-state index is 0.0989. The summed E-state index contributed by atoms with van der Waals surface area (Å²) in [6.45, 7) is 1.88. The Kier molecular flexibility index (Phi) is 4.57. The second-order valence-corrected chi connectivity index (χ2v) is 5.47. The molecule has 0 aliphatic carbocycles. The van der Waals surface area contributed by atoms with Gasteiger partial charge in [0.05, 0.1) is 18.7 Å². The standard InChI is InChI=1S/C18H19FN2O2/c1-23-17-8-3-2-7-15(17)18(22)21-10-9-20-12-16(21)13-5-4-6-14(19)11-13/h2-8,11,16,20H,9-10,12H2,1H3. The van der Waals surface area contributed by atoms with Crippen molar-refractivity contribution in [2.45, 2.75) is 6.04 Å². The van der Waals surface area contributed by atoms with Crippen molar-refractivity contribution in [1.29, 1.82) is 0 Å². The maximum Gasteiger partial charge on any atom is 0.258 e. The molecule has 0 radical (unpaired) electrons. The third-order valence-electron chi connectivity index (χ3n) is 4.08. The van der Waals surface area contributed by atoms with Crippen molar-refractivity contribution in [1.82, 2.24) is 10.2 Å². The van der Waals surface area contributed by atoms with Gasteiger partial charge in [-0.2, -0.15) is 0 Å². The first-order valence-corrected chi connectivity index (χ1v) is 7.61. The fourth-order valence-electron chi connectivity index (χ4n) is 2.94. The Balaban J connectivity index is 1.93. The van der Waals surface area contributed by atoms with E-state index in [-0.39, 0.29) is 17.8 Å². The predicted molar refractivity (Wildman–Crippen MR) is 86.0 cm³/mol. The van der Waals surface area contributed by atoms with Gasteiger partial charge in [0.1, 0.15) is 11.6 Å². The second-order valence-electron chi connectivity index (χ2n) is 5.47. The molecule has 1 atom stereocenters. The number of hydrogen-bond acceptors (Lipinski definition) is 3. The number of ether oxygens (including phenoxy) is 1. The van der Waals surface area contributed by atoms with E-state index in [4.69, 9.17) is 4.74 Å². The van der Waals surface area contributed by atoms with Gasteiger partial charge in [-0.25, -0.2) is 4.39 Å². The van der Waals surface area contributed by atoms with Crippen LogP contribution in [0.15, 0.2) is 48.5 Å². The summed E-state index contributed by atoms with van der Waals surface area (Å²) in [4.78, 5) is 14.8. The van der Waals surface area contributed by atoms with Gasteiger partial charge in [0.15, 0.2) is 0 Å². The molecule has 3 rings (SSSR count). The van der Waals surface area contributed by atoms with Crippen LogP contribution in [0.3, 0.4) is 0 Å². The zero-order chi connectivity index (χ0) is 16.2. The number of carbonyl (C=O) groups excluding carboxylic acids is 1. The molecule has 1 fully saturated rings. The van der Waals surface area contributed by atoms with Crippen molar-refractivity contribution in [3.05, 3.63) is 65.5 Å². The molecule has 2 aromatic carbocycles. The van der Waals surface area contributed by atoms with Crippen LogP contribution in [0.1, 0.15) is 22.0 Å². The minimum Gasteiger partial charge on any atom is -0.496 e. The molecule has 1 N–H and O–H groups in total. The highest BCUT2D eigenvalue weighted by Gasteiger charge is 2.30. The smallest absolute Gasteiger partial charge is 0.258 e. The number of piperazine rings is 1. The van der Waals surface area contributed by atoms with Gasteiger partial charge in [-0.1, -0.05) is 24.3 Å². The summed E-state index contributed by atoms with van der Waals surface area (Å²) in [5.74, 6) is 0.157. The number of halogens is 1. The van der Waals surface area contributed by atoms with Crippen molar-refractivity contribution < 1.29 is 13.9 Å². The zero-order valence-electron chi connectivity index (χ0n) is 13.0. The van der Waals surface area contributed by atoms with Gasteiger partial charge in [-0.05, 0) is 29.8 Å². The molecule has 0 spiro atoms. The van der Waals surface area contributed by atoms with E-state index in [0.29, 0.717) is 30.9 Å². The molecule has 4 nitrogen and oxygen atoms in total. The van der Waals surface area contributed by atoms with Crippen LogP contribution in [0.4, 0.5) is 4.39 Å². The first kappa shape index (κ1) is 15.5. The Morgan fingerprint density at radius 3 is 2.87 bits per heavy atom. The van der Waals surface area contributed by atoms with Crippen LogP contribution in [0.2, 0.25) is 0 Å². The molecule has 5 heteroatoms. The maximum absolute atomic E-state index is 13.5. The highest BCUT2D eigenvalue weighted by atomic mass is 19.1. The summed E-state index contributed by atoms with van der Waals surface area (Å²) < 4.78 is 18.8. The van der Waals surface area contributed by atoms with Gasteiger partial charge < -0.3 is 15.0 Å². The van der Waals surface area contributed by atoms with Gasteiger partial charge in [0, 0.05) is 19.6 Å². The molecule has 1 unspecified atom stereocenters. The molecule has 23 heavy (non-hydrogen) atoms. The van der Waals surface area contributed by atoms with Crippen LogP contribution in [0, 0.1) is 5.82 Å². The number of nitrogens with zero attached hydrogens (tertiary/aromatic N) is 1. The van der Waals surface area contributed by atoms with Crippen LogP contribution < -0.4 is 10.1 Å². The van der Waals surface area contributed by atoms with Crippen molar-refractivity contribution in [2.75, 3.05) is 26.7 Å². The summed E-state index contributed by atoms with van der Waals surface area (Å²) in [7, 11) is 1.55. The van der Waals surface area contributed by atoms with E-state index in [1.807, 2.05) is 18.2 Å². The summed E-state index contributed by atoms with van der Waals surface area (Å²) in [6.07, 6.45) is 0. The molecule has 2 aromatic rings. The largest absolute Gasteiger partial charge is 0.496 e. The number of nitrogens with one attached hydrogen (secondary N) is 1. The van der Waals surface area contributed by atoms with E-state index in [9.17, 15) is 9.18 Å². The third kappa shape index (κ3) is 3.19. The molecule has 1 aliphatic heterocycles. The molecule has 1 saturated heterocycles. The topological polar surface area (TPSA) is 41.6 Å². The molecule has 0 bridgehead atoms. The summed E-state index contributed by atoms with van der Waals surface area (Å²) in [5.41, 5.74) is 1.32. The molecular formula is C18H19FN2O2. The third-order valence-corrected chi connectivity index (χ3v) is 4.08. The van der Waals surface area contributed by atoms with Crippen LogP contribution in [0.25, 0.3) is 0 Å². The van der Waals surface area contributed by atoms with E-state index < -0.39 is 0 Å². The van der Waals surface area contributed by atoms with E-state index in [0.717, 1.165) is 5.56 Å². The normalized spacial score (nSPS) is 17.8. The van der Waals surface area contributed by atoms with Crippen molar-refractivity contribution in [3.63, 3.8) is 0 Å². The van der Waals surface area contributed by atoms with Gasteiger partial charge in [0.2, 0.25) is 0 Å². The van der Waals surface area contributed by atoms with Crippen molar-refractivity contribution >= 4 is 5.91 Å². The van der Waals surface area contributed by atoms with Crippen LogP contribution in [0.5, 0.6) is 5.75 Å². The molecular weight excluding hydrogens is 295 g/mol. The Bertz CT molecular complexity index is 705. The average molecular weight is 314 g/mol. The highest BCUT2D eigenvalue weighted by molar-refractivity contribution is 5.97. The zero-order valence-corrected chi connectivity index (χ0v) is 13.0. The molecule has 1 aliphatic rings. The molecule has 1 heterocycles. The van der Waals surface area contributed by atoms with E-state index >= 15 is 0 Å². The molecule has 0 aromatic heterocycles. The number of para-hydroxylation sites is 1. The number of carbonyl (C=O) groups is 1. The summed E-state index contributed by atoms with van der Waals surface area (Å²) in [6, 6.07) is 13.4. The van der Waals surface area contributed by atoms with E-state index in [1.165, 1.54) is 12.1 Å². The van der Waals surface area contributed by atoms with Gasteiger partial charge >= 0.3 is 0 Å². The second kappa shape index (κ2) is 6.79. The van der Waals surface area contributed by atoms with Crippen LogP contribution in [-0.2, 0) is 0 Å². The van der Waals surface area contributed by atoms with Gasteiger partial charge in [-0.15, -0.1) is 0 Å². The van der Waals surface area contributed by atoms with E-state index in [2.05, 4.69) is 5.32 Å². The van der Waals surface area contributed by atoms with Gasteiger partial charge in [-0.3, -0.25) is 4.79 Å². The molecule has 0 saturated carbocycles. The summed E-state index contributed by atoms with van der Waals surface area (Å²) in [5, 5.41) is 3.27. The SMILES string of the molecule is COc1ccccc1C(=O)N1CCNCC1c1cccc(F)c1. The monoisotopic (exact) mass is 314 g/mol. The molecule has 1 amide bonds. The van der Waals surface area contributed by atoms with Crippen molar-refractivity contribution in [2.24, 2.45) is 0 Å². The lowest BCUT2D eigenvalue weighted by Crippen LogP contribution is -2.48. The van der Waals surface area contributed by atoms with Crippen molar-refractivity contribution in [3.8, 4) is 5.75 Å².